The quantitative estimate of drug-likeness (QED) is 0.341. The Morgan fingerprint density at radius 1 is 1.11 bits per heavy atom. The molecule has 3 N–H and O–H groups in total. The summed E-state index contributed by atoms with van der Waals surface area (Å²) in [4.78, 5) is 13.8. The van der Waals surface area contributed by atoms with Crippen LogP contribution in [0.25, 0.3) is 0 Å². The van der Waals surface area contributed by atoms with Crippen molar-refractivity contribution in [2.45, 2.75) is 6.92 Å². The zero-order chi connectivity index (χ0) is 20.4. The van der Waals surface area contributed by atoms with Crippen LogP contribution < -0.4 is 16.1 Å². The molecule has 0 aliphatic heterocycles. The van der Waals surface area contributed by atoms with Gasteiger partial charge in [0, 0.05) is 28.5 Å². The first kappa shape index (κ1) is 19.7. The van der Waals surface area contributed by atoms with Crippen molar-refractivity contribution in [1.82, 2.24) is 13.6 Å². The van der Waals surface area contributed by atoms with Gasteiger partial charge in [-0.2, -0.15) is 0 Å². The number of para-hydroxylation sites is 1. The molecule has 0 spiro atoms. The first-order valence-electron chi connectivity index (χ1n) is 8.51. The molecule has 0 bridgehead atoms. The van der Waals surface area contributed by atoms with E-state index in [1.54, 1.807) is 34.1 Å². The van der Waals surface area contributed by atoms with E-state index in [1.165, 1.54) is 4.90 Å². The lowest BCUT2D eigenvalue weighted by Gasteiger charge is -2.16. The molecule has 1 atom stereocenters. The number of phenols is 1. The Balaban J connectivity index is 1.96. The molecule has 10 heteroatoms. The molecule has 0 fully saturated rings. The van der Waals surface area contributed by atoms with Crippen LogP contribution in [0.1, 0.15) is 15.9 Å². The van der Waals surface area contributed by atoms with E-state index in [4.69, 9.17) is 0 Å². The number of hydrogen-bond donors (Lipinski definition) is 3. The Morgan fingerprint density at radius 2 is 1.71 bits per heavy atom. The van der Waals surface area contributed by atoms with Crippen molar-refractivity contribution < 1.29 is 14.5 Å². The van der Waals surface area contributed by atoms with Crippen molar-refractivity contribution in [3.63, 3.8) is 0 Å². The van der Waals surface area contributed by atoms with Gasteiger partial charge in [0.25, 0.3) is 5.91 Å². The topological polar surface area (TPSA) is 113 Å². The molecule has 0 aliphatic rings. The average molecular weight is 397 g/mol. The molecule has 0 saturated carbocycles. The van der Waals surface area contributed by atoms with Gasteiger partial charge in [0.2, 0.25) is 11.6 Å². The summed E-state index contributed by atoms with van der Waals surface area (Å²) < 4.78 is 19.8. The maximum absolute atomic E-state index is 12.4. The summed E-state index contributed by atoms with van der Waals surface area (Å²) in [6.45, 7) is 1.93. The number of amides is 1. The minimum Gasteiger partial charge on any atom is -0.546 e. The van der Waals surface area contributed by atoms with E-state index in [1.807, 2.05) is 31.2 Å². The second kappa shape index (κ2) is 7.87. The normalized spacial score (nSPS) is 11.2. The van der Waals surface area contributed by atoms with Gasteiger partial charge >= 0.3 is 0 Å². The zero-order valence-corrected chi connectivity index (χ0v) is 16.8. The third-order valence-electron chi connectivity index (χ3n) is 4.22. The summed E-state index contributed by atoms with van der Waals surface area (Å²) in [5, 5.41) is 16.7. The van der Waals surface area contributed by atoms with E-state index in [9.17, 15) is 14.5 Å². The number of aromatic hydroxyl groups is 1. The number of phenolic OH excluding ortho intramolecular Hbond substituents is 1. The highest BCUT2D eigenvalue weighted by Crippen LogP contribution is 2.34. The first-order chi connectivity index (χ1) is 13.3. The van der Waals surface area contributed by atoms with Gasteiger partial charge in [0.15, 0.2) is 16.9 Å². The number of aryl methyl sites for hydroxylation is 1. The van der Waals surface area contributed by atoms with Crippen LogP contribution in [0, 0.1) is 6.92 Å². The lowest BCUT2D eigenvalue weighted by molar-refractivity contribution is 0.0826. The summed E-state index contributed by atoms with van der Waals surface area (Å²) in [6.07, 6.45) is 0. The molecule has 1 heterocycles. The molecule has 0 saturated heterocycles. The lowest BCUT2D eigenvalue weighted by atomic mass is 9.88. The third kappa shape index (κ3) is 3.92. The van der Waals surface area contributed by atoms with E-state index in [-0.39, 0.29) is 34.5 Å². The van der Waals surface area contributed by atoms with E-state index in [0.29, 0.717) is 5.46 Å². The van der Waals surface area contributed by atoms with E-state index < -0.39 is 11.1 Å². The smallest absolute Gasteiger partial charge is 0.256 e. The van der Waals surface area contributed by atoms with E-state index >= 15 is 0 Å². The molecule has 1 amide bonds. The van der Waals surface area contributed by atoms with Crippen LogP contribution in [0.2, 0.25) is 0 Å². The van der Waals surface area contributed by atoms with Gasteiger partial charge in [-0.1, -0.05) is 29.7 Å². The Bertz CT molecular complexity index is 1040. The molecule has 0 radical (unpaired) electrons. The number of hydrogen-bond acceptors (Lipinski definition) is 7. The highest BCUT2D eigenvalue weighted by Gasteiger charge is 2.22. The summed E-state index contributed by atoms with van der Waals surface area (Å²) in [5.41, 5.74) is 2.89. The predicted octanol–water partition coefficient (Wildman–Crippen LogP) is 1.67. The maximum atomic E-state index is 12.4. The molecule has 2 aromatic carbocycles. The fourth-order valence-electron chi connectivity index (χ4n) is 2.68. The Hall–Kier alpha value is -3.11. The number of aromatic nitrogens is 2. The number of nitrogens with one attached hydrogen (secondary N) is 2. The van der Waals surface area contributed by atoms with Crippen molar-refractivity contribution in [2.24, 2.45) is 0 Å². The van der Waals surface area contributed by atoms with Gasteiger partial charge in [-0.05, 0) is 24.6 Å². The summed E-state index contributed by atoms with van der Waals surface area (Å²) in [7, 11) is 4.97. The van der Waals surface area contributed by atoms with Gasteiger partial charge in [0.1, 0.15) is 7.85 Å². The molecule has 3 rings (SSSR count). The fraction of sp³-hybridized carbons (Fsp3) is 0.167. The third-order valence-corrected chi connectivity index (χ3v) is 4.90. The molecule has 3 aromatic rings. The predicted molar refractivity (Wildman–Crippen MR) is 113 cm³/mol. The molecule has 144 valence electrons. The molecular weight excluding hydrogens is 377 g/mol. The highest BCUT2D eigenvalue weighted by molar-refractivity contribution is 7.14. The van der Waals surface area contributed by atoms with Gasteiger partial charge in [0.05, 0.1) is 11.3 Å². The molecule has 8 nitrogen and oxygen atoms in total. The van der Waals surface area contributed by atoms with Gasteiger partial charge in [-0.3, -0.25) is 4.79 Å². The monoisotopic (exact) mass is 397 g/mol. The van der Waals surface area contributed by atoms with E-state index in [2.05, 4.69) is 19.4 Å². The standard InChI is InChI=1S/C18H20BN5O3S/c1-10-6-4-5-7-12(10)20-16-17(23-28(27)22-16)21-13-9-8-11(19)14(15(13)25)18(26)24(2)3/h4-9,25H,19H2,1-3H3,(H,20,22)(H,21,23). The fourth-order valence-corrected chi connectivity index (χ4v) is 3.30. The number of nitrogens with zero attached hydrogens (tertiary/aromatic N) is 3. The second-order valence-corrected chi connectivity index (χ2v) is 7.36. The lowest BCUT2D eigenvalue weighted by Crippen LogP contribution is -2.28. The second-order valence-electron chi connectivity index (χ2n) is 6.53. The summed E-state index contributed by atoms with van der Waals surface area (Å²) >= 11 is -1.78. The van der Waals surface area contributed by atoms with Crippen molar-refractivity contribution >= 4 is 53.4 Å². The number of carbonyl (C=O) groups is 1. The van der Waals surface area contributed by atoms with Crippen LogP contribution in [0.5, 0.6) is 5.75 Å². The number of carbonyl (C=O) groups excluding carboxylic acids is 1. The molecule has 28 heavy (non-hydrogen) atoms. The molecule has 0 aliphatic carbocycles. The average Bonchev–Trinajstić information content (AvgIpc) is 2.98. The first-order valence-corrected chi connectivity index (χ1v) is 9.58. The molecular formula is C18H20BN5O3S. The van der Waals surface area contributed by atoms with Gasteiger partial charge in [-0.25, -0.2) is 0 Å². The SMILES string of the molecule is Bc1ccc(Nc2n[s+]([O-])nc2Nc2ccccc2C)c(O)c1C(=O)N(C)C. The van der Waals surface area contributed by atoms with Crippen molar-refractivity contribution in [1.29, 1.82) is 0 Å². The van der Waals surface area contributed by atoms with Crippen LogP contribution >= 0.6 is 11.1 Å². The van der Waals surface area contributed by atoms with Gasteiger partial charge in [-0.15, -0.1) is 0 Å². The maximum Gasteiger partial charge on any atom is 0.256 e. The van der Waals surface area contributed by atoms with Crippen LogP contribution in [0.4, 0.5) is 23.0 Å². The number of rotatable bonds is 5. The van der Waals surface area contributed by atoms with E-state index in [0.717, 1.165) is 11.3 Å². The van der Waals surface area contributed by atoms with Crippen LogP contribution in [-0.2, 0) is 0 Å². The number of benzene rings is 2. The van der Waals surface area contributed by atoms with Crippen molar-refractivity contribution in [2.75, 3.05) is 24.7 Å². The largest absolute Gasteiger partial charge is 0.546 e. The minimum atomic E-state index is -1.78. The summed E-state index contributed by atoms with van der Waals surface area (Å²) in [6, 6.07) is 10.9. The molecule has 1 aromatic heterocycles. The van der Waals surface area contributed by atoms with Crippen molar-refractivity contribution in [3.05, 3.63) is 47.5 Å². The Labute approximate surface area is 166 Å². The summed E-state index contributed by atoms with van der Waals surface area (Å²) in [5.74, 6) is -0.0195. The van der Waals surface area contributed by atoms with Crippen molar-refractivity contribution in [3.8, 4) is 5.75 Å². The van der Waals surface area contributed by atoms with Gasteiger partial charge < -0.3 is 25.2 Å². The highest BCUT2D eigenvalue weighted by atomic mass is 32.2. The molecule has 1 unspecified atom stereocenters. The zero-order valence-electron chi connectivity index (χ0n) is 16.0. The number of anilines is 4. The Kier molecular flexibility index (Phi) is 5.52. The van der Waals surface area contributed by atoms with Crippen LogP contribution in [-0.4, -0.2) is 51.2 Å². The van der Waals surface area contributed by atoms with Crippen LogP contribution in [0.15, 0.2) is 36.4 Å². The Morgan fingerprint density at radius 3 is 2.32 bits per heavy atom. The van der Waals surface area contributed by atoms with Crippen LogP contribution in [0.3, 0.4) is 0 Å². The minimum absolute atomic E-state index is 0.195.